The summed E-state index contributed by atoms with van der Waals surface area (Å²) in [6.45, 7) is 7.33. The molecule has 2 rings (SSSR count). The van der Waals surface area contributed by atoms with Gasteiger partial charge in [0.2, 0.25) is 0 Å². The molecule has 1 aromatic rings. The van der Waals surface area contributed by atoms with Gasteiger partial charge in [-0.1, -0.05) is 0 Å². The Morgan fingerprint density at radius 2 is 2.19 bits per heavy atom. The molecule has 2 heterocycles. The molecule has 4 heteroatoms. The van der Waals surface area contributed by atoms with Crippen molar-refractivity contribution in [1.82, 2.24) is 14.7 Å². The van der Waals surface area contributed by atoms with Crippen LogP contribution in [0, 0.1) is 5.92 Å². The van der Waals surface area contributed by atoms with E-state index in [4.69, 9.17) is 5.73 Å². The molecule has 1 saturated heterocycles. The number of hydrogen-bond acceptors (Lipinski definition) is 3. The van der Waals surface area contributed by atoms with Crippen LogP contribution < -0.4 is 5.73 Å². The van der Waals surface area contributed by atoms with Crippen LogP contribution in [-0.4, -0.2) is 34.3 Å². The highest BCUT2D eigenvalue weighted by Crippen LogP contribution is 2.17. The number of piperidine rings is 1. The molecule has 4 nitrogen and oxygen atoms in total. The Morgan fingerprint density at radius 1 is 1.44 bits per heavy atom. The minimum Gasteiger partial charge on any atom is -0.330 e. The predicted molar refractivity (Wildman–Crippen MR) is 65.0 cm³/mol. The van der Waals surface area contributed by atoms with Crippen LogP contribution in [0.1, 0.15) is 25.5 Å². The van der Waals surface area contributed by atoms with E-state index in [-0.39, 0.29) is 0 Å². The van der Waals surface area contributed by atoms with Crippen molar-refractivity contribution in [3.8, 4) is 0 Å². The molecule has 0 aromatic carbocycles. The molecule has 0 radical (unpaired) electrons. The van der Waals surface area contributed by atoms with Crippen molar-refractivity contribution in [3.63, 3.8) is 0 Å². The minimum atomic E-state index is 0.743. The van der Waals surface area contributed by atoms with Gasteiger partial charge in [-0.2, -0.15) is 5.10 Å². The number of rotatable bonds is 4. The lowest BCUT2D eigenvalue weighted by molar-refractivity contribution is 0.176. The van der Waals surface area contributed by atoms with E-state index in [1.165, 1.54) is 31.6 Å². The molecular weight excluding hydrogens is 200 g/mol. The lowest BCUT2D eigenvalue weighted by Gasteiger charge is -2.31. The Kier molecular flexibility index (Phi) is 3.96. The van der Waals surface area contributed by atoms with Gasteiger partial charge >= 0.3 is 0 Å². The summed E-state index contributed by atoms with van der Waals surface area (Å²) in [5.41, 5.74) is 7.03. The molecule has 0 spiro atoms. The van der Waals surface area contributed by atoms with Gasteiger partial charge in [-0.15, -0.1) is 0 Å². The summed E-state index contributed by atoms with van der Waals surface area (Å²) >= 11 is 0. The third kappa shape index (κ3) is 2.62. The van der Waals surface area contributed by atoms with E-state index in [1.807, 2.05) is 6.20 Å². The monoisotopic (exact) mass is 222 g/mol. The maximum Gasteiger partial charge on any atom is 0.0524 e. The standard InChI is InChI=1S/C12H22N4/c1-2-16-12(3-6-14-16)10-15-7-4-11(9-13)5-8-15/h3,6,11H,2,4-5,7-10,13H2,1H3. The topological polar surface area (TPSA) is 47.1 Å². The van der Waals surface area contributed by atoms with Gasteiger partial charge in [0.1, 0.15) is 0 Å². The normalized spacial score (nSPS) is 19.1. The second-order valence-corrected chi connectivity index (χ2v) is 4.59. The highest BCUT2D eigenvalue weighted by atomic mass is 15.3. The lowest BCUT2D eigenvalue weighted by Crippen LogP contribution is -2.36. The lowest BCUT2D eigenvalue weighted by atomic mass is 9.97. The third-order valence-corrected chi connectivity index (χ3v) is 3.53. The van der Waals surface area contributed by atoms with Crippen LogP contribution in [0.2, 0.25) is 0 Å². The van der Waals surface area contributed by atoms with E-state index in [9.17, 15) is 0 Å². The fourth-order valence-corrected chi connectivity index (χ4v) is 2.39. The number of aryl methyl sites for hydroxylation is 1. The molecule has 90 valence electrons. The molecule has 0 unspecified atom stereocenters. The maximum absolute atomic E-state index is 5.70. The first kappa shape index (κ1) is 11.6. The van der Waals surface area contributed by atoms with Crippen LogP contribution in [0.15, 0.2) is 12.3 Å². The van der Waals surface area contributed by atoms with Gasteiger partial charge < -0.3 is 5.73 Å². The summed E-state index contributed by atoms with van der Waals surface area (Å²) in [6, 6.07) is 2.12. The van der Waals surface area contributed by atoms with Crippen LogP contribution in [-0.2, 0) is 13.1 Å². The summed E-state index contributed by atoms with van der Waals surface area (Å²) < 4.78 is 2.08. The highest BCUT2D eigenvalue weighted by molar-refractivity contribution is 5.00. The number of likely N-dealkylation sites (tertiary alicyclic amines) is 1. The van der Waals surface area contributed by atoms with E-state index >= 15 is 0 Å². The maximum atomic E-state index is 5.70. The molecule has 1 aliphatic heterocycles. The Hall–Kier alpha value is -0.870. The van der Waals surface area contributed by atoms with Crippen molar-refractivity contribution in [2.24, 2.45) is 11.7 Å². The molecule has 0 atom stereocenters. The Bertz CT molecular complexity index is 313. The molecule has 2 N–H and O–H groups in total. The zero-order valence-corrected chi connectivity index (χ0v) is 10.1. The summed E-state index contributed by atoms with van der Waals surface area (Å²) in [5, 5.41) is 4.30. The van der Waals surface area contributed by atoms with Crippen LogP contribution in [0.5, 0.6) is 0 Å². The fourth-order valence-electron chi connectivity index (χ4n) is 2.39. The Morgan fingerprint density at radius 3 is 2.81 bits per heavy atom. The molecule has 0 aliphatic carbocycles. The van der Waals surface area contributed by atoms with Crippen LogP contribution in [0.4, 0.5) is 0 Å². The van der Waals surface area contributed by atoms with E-state index in [2.05, 4.69) is 27.7 Å². The van der Waals surface area contributed by atoms with Gasteiger partial charge in [0.25, 0.3) is 0 Å². The predicted octanol–water partition coefficient (Wildman–Crippen LogP) is 1.07. The van der Waals surface area contributed by atoms with Crippen molar-refractivity contribution in [2.45, 2.75) is 32.9 Å². The quantitative estimate of drug-likeness (QED) is 0.829. The van der Waals surface area contributed by atoms with Gasteiger partial charge in [-0.3, -0.25) is 9.58 Å². The van der Waals surface area contributed by atoms with E-state index in [0.717, 1.165) is 25.6 Å². The van der Waals surface area contributed by atoms with Crippen molar-refractivity contribution in [1.29, 1.82) is 0 Å². The molecule has 1 fully saturated rings. The average molecular weight is 222 g/mol. The summed E-state index contributed by atoms with van der Waals surface area (Å²) in [6.07, 6.45) is 4.39. The Labute approximate surface area is 97.4 Å². The molecule has 0 saturated carbocycles. The van der Waals surface area contributed by atoms with Gasteiger partial charge in [0.05, 0.1) is 5.69 Å². The number of nitrogens with two attached hydrogens (primary N) is 1. The molecular formula is C12H22N4. The molecule has 1 aliphatic rings. The van der Waals surface area contributed by atoms with Gasteiger partial charge in [-0.05, 0) is 51.4 Å². The number of aromatic nitrogens is 2. The zero-order valence-electron chi connectivity index (χ0n) is 10.1. The van der Waals surface area contributed by atoms with E-state index < -0.39 is 0 Å². The van der Waals surface area contributed by atoms with Crippen molar-refractivity contribution in [2.75, 3.05) is 19.6 Å². The molecule has 16 heavy (non-hydrogen) atoms. The third-order valence-electron chi connectivity index (χ3n) is 3.53. The van der Waals surface area contributed by atoms with Crippen LogP contribution in [0.3, 0.4) is 0 Å². The van der Waals surface area contributed by atoms with Crippen molar-refractivity contribution in [3.05, 3.63) is 18.0 Å². The summed E-state index contributed by atoms with van der Waals surface area (Å²) in [5.74, 6) is 0.743. The molecule has 1 aromatic heterocycles. The van der Waals surface area contributed by atoms with Gasteiger partial charge in [0, 0.05) is 19.3 Å². The van der Waals surface area contributed by atoms with Crippen molar-refractivity contribution >= 4 is 0 Å². The number of hydrogen-bond donors (Lipinski definition) is 1. The minimum absolute atomic E-state index is 0.743. The van der Waals surface area contributed by atoms with Crippen LogP contribution in [0.25, 0.3) is 0 Å². The largest absolute Gasteiger partial charge is 0.330 e. The van der Waals surface area contributed by atoms with Crippen LogP contribution >= 0.6 is 0 Å². The zero-order chi connectivity index (χ0) is 11.4. The SMILES string of the molecule is CCn1nccc1CN1CCC(CN)CC1. The Balaban J connectivity index is 1.87. The molecule has 0 bridgehead atoms. The van der Waals surface area contributed by atoms with E-state index in [0.29, 0.717) is 0 Å². The first-order chi connectivity index (χ1) is 7.83. The average Bonchev–Trinajstić information content (AvgIpc) is 2.77. The fraction of sp³-hybridized carbons (Fsp3) is 0.750. The van der Waals surface area contributed by atoms with E-state index in [1.54, 1.807) is 0 Å². The summed E-state index contributed by atoms with van der Waals surface area (Å²) in [7, 11) is 0. The van der Waals surface area contributed by atoms with Gasteiger partial charge in [0.15, 0.2) is 0 Å². The second-order valence-electron chi connectivity index (χ2n) is 4.59. The number of nitrogens with zero attached hydrogens (tertiary/aromatic N) is 3. The first-order valence-electron chi connectivity index (χ1n) is 6.26. The second kappa shape index (κ2) is 5.46. The van der Waals surface area contributed by atoms with Gasteiger partial charge in [-0.25, -0.2) is 0 Å². The summed E-state index contributed by atoms with van der Waals surface area (Å²) in [4.78, 5) is 2.51. The molecule has 0 amide bonds. The first-order valence-corrected chi connectivity index (χ1v) is 6.26. The smallest absolute Gasteiger partial charge is 0.0524 e. The highest BCUT2D eigenvalue weighted by Gasteiger charge is 2.18. The van der Waals surface area contributed by atoms with Crippen molar-refractivity contribution < 1.29 is 0 Å².